The summed E-state index contributed by atoms with van der Waals surface area (Å²) >= 11 is 0. The van der Waals surface area contributed by atoms with Crippen LogP contribution in [0.1, 0.15) is 73.1 Å². The van der Waals surface area contributed by atoms with Crippen LogP contribution in [0.4, 0.5) is 0 Å². The Morgan fingerprint density at radius 1 is 0.417 bits per heavy atom. The molecule has 0 saturated heterocycles. The topological polar surface area (TPSA) is 162 Å². The van der Waals surface area contributed by atoms with Crippen molar-refractivity contribution in [3.63, 3.8) is 0 Å². The predicted octanol–water partition coefficient (Wildman–Crippen LogP) is 0.512. The van der Waals surface area contributed by atoms with Gasteiger partial charge in [0.25, 0.3) is 0 Å². The van der Waals surface area contributed by atoms with Crippen molar-refractivity contribution in [3.8, 4) is 0 Å². The molecule has 4 rings (SSSR count). The summed E-state index contributed by atoms with van der Waals surface area (Å²) in [4.78, 5) is 0. The highest BCUT2D eigenvalue weighted by atomic mass is 16.4. The van der Waals surface area contributed by atoms with Crippen LogP contribution in [-0.4, -0.2) is 68.7 Å². The zero-order valence-electron chi connectivity index (χ0n) is 27.5. The molecular formula is C36H50B4O8. The second kappa shape index (κ2) is 20.4. The lowest BCUT2D eigenvalue weighted by molar-refractivity contribution is 0.424. The second-order valence-electron chi connectivity index (χ2n) is 12.1. The zero-order valence-corrected chi connectivity index (χ0v) is 27.5. The van der Waals surface area contributed by atoms with E-state index >= 15 is 0 Å². The molecule has 254 valence electrons. The Morgan fingerprint density at radius 2 is 0.771 bits per heavy atom. The highest BCUT2D eigenvalue weighted by Gasteiger charge is 2.15. The van der Waals surface area contributed by atoms with Gasteiger partial charge in [0.1, 0.15) is 0 Å². The van der Waals surface area contributed by atoms with E-state index in [1.165, 1.54) is 0 Å². The molecule has 0 spiro atoms. The van der Waals surface area contributed by atoms with Gasteiger partial charge in [0.05, 0.1) is 0 Å². The predicted molar refractivity (Wildman–Crippen MR) is 199 cm³/mol. The molecule has 0 aliphatic heterocycles. The Hall–Kier alpha value is -3.18. The summed E-state index contributed by atoms with van der Waals surface area (Å²) < 4.78 is 0. The van der Waals surface area contributed by atoms with Crippen LogP contribution in [-0.2, 0) is 38.5 Å². The van der Waals surface area contributed by atoms with Crippen LogP contribution in [0.3, 0.4) is 0 Å². The minimum atomic E-state index is -1.44. The van der Waals surface area contributed by atoms with Gasteiger partial charge < -0.3 is 40.2 Å². The monoisotopic (exact) mass is 654 g/mol. The van der Waals surface area contributed by atoms with Crippen LogP contribution in [0.5, 0.6) is 0 Å². The molecule has 0 bridgehead atoms. The molecular weight excluding hydrogens is 604 g/mol. The standard InChI is InChI=1S/C19H26B2O4.C16H20B2O4.CH4/c1-3-14-8-16(12-18(10-14)20(22)23)6-5-7-17-9-15(4-2)11-19(13-17)21(24)25;1-12-8-14(11-16(9-12)18(21)22)6-2-4-13-5-3-7-15(10-13)17(19)20;/h8-13,22-25H,3-7H2,1-2H3;3,5,7-11,19-22H,2,4,6H2,1H3;1H4. The van der Waals surface area contributed by atoms with Crippen molar-refractivity contribution in [3.05, 3.63) is 118 Å². The first-order valence-electron chi connectivity index (χ1n) is 16.3. The van der Waals surface area contributed by atoms with Gasteiger partial charge in [-0.1, -0.05) is 106 Å². The SMILES string of the molecule is C.CCc1cc(CCCc2cc(CC)cc(B(O)O)c2)cc(B(O)O)c1.Cc1cc(CCCc2cccc(B(O)O)c2)cc(B(O)O)c1. The highest BCUT2D eigenvalue weighted by Crippen LogP contribution is 2.13. The van der Waals surface area contributed by atoms with Gasteiger partial charge in [-0.3, -0.25) is 0 Å². The Balaban J connectivity index is 0.000000329. The smallest absolute Gasteiger partial charge is 0.423 e. The van der Waals surface area contributed by atoms with Crippen molar-refractivity contribution >= 4 is 50.3 Å². The molecule has 0 amide bonds. The van der Waals surface area contributed by atoms with Gasteiger partial charge in [0.15, 0.2) is 0 Å². The van der Waals surface area contributed by atoms with E-state index in [1.807, 2.05) is 69.3 Å². The zero-order chi connectivity index (χ0) is 34.5. The lowest BCUT2D eigenvalue weighted by atomic mass is 9.77. The third kappa shape index (κ3) is 13.4. The molecule has 8 N–H and O–H groups in total. The van der Waals surface area contributed by atoms with Crippen LogP contribution >= 0.6 is 0 Å². The van der Waals surface area contributed by atoms with Gasteiger partial charge in [-0.2, -0.15) is 0 Å². The molecule has 0 aliphatic rings. The van der Waals surface area contributed by atoms with E-state index in [9.17, 15) is 40.2 Å². The summed E-state index contributed by atoms with van der Waals surface area (Å²) in [6, 6.07) is 24.4. The molecule has 4 aromatic carbocycles. The molecule has 0 unspecified atom stereocenters. The molecule has 0 fully saturated rings. The third-order valence-electron chi connectivity index (χ3n) is 8.13. The van der Waals surface area contributed by atoms with Crippen molar-refractivity contribution in [1.29, 1.82) is 0 Å². The minimum Gasteiger partial charge on any atom is -0.423 e. The van der Waals surface area contributed by atoms with Crippen molar-refractivity contribution < 1.29 is 40.2 Å². The average Bonchev–Trinajstić information content (AvgIpc) is 3.04. The summed E-state index contributed by atoms with van der Waals surface area (Å²) in [6.45, 7) is 6.02. The van der Waals surface area contributed by atoms with Gasteiger partial charge in [0.2, 0.25) is 0 Å². The maximum absolute atomic E-state index is 9.42. The van der Waals surface area contributed by atoms with E-state index in [4.69, 9.17) is 0 Å². The quantitative estimate of drug-likeness (QED) is 0.0914. The average molecular weight is 654 g/mol. The van der Waals surface area contributed by atoms with Crippen LogP contribution in [0, 0.1) is 6.92 Å². The molecule has 0 saturated carbocycles. The van der Waals surface area contributed by atoms with Crippen molar-refractivity contribution in [2.24, 2.45) is 0 Å². The summed E-state index contributed by atoms with van der Waals surface area (Å²) in [7, 11) is -5.77. The molecule has 4 aromatic rings. The first-order valence-corrected chi connectivity index (χ1v) is 16.3. The number of hydrogen-bond donors (Lipinski definition) is 8. The number of benzene rings is 4. The van der Waals surface area contributed by atoms with Crippen molar-refractivity contribution in [2.75, 3.05) is 0 Å². The fourth-order valence-corrected chi connectivity index (χ4v) is 5.67. The molecule has 12 heteroatoms. The normalized spacial score (nSPS) is 10.5. The fraction of sp³-hybridized carbons (Fsp3) is 0.333. The number of hydrogen-bond acceptors (Lipinski definition) is 8. The summed E-state index contributed by atoms with van der Waals surface area (Å²) in [5.41, 5.74) is 9.60. The van der Waals surface area contributed by atoms with Gasteiger partial charge in [-0.25, -0.2) is 0 Å². The largest absolute Gasteiger partial charge is 0.488 e. The fourth-order valence-electron chi connectivity index (χ4n) is 5.67. The van der Waals surface area contributed by atoms with E-state index in [2.05, 4.69) is 12.1 Å². The third-order valence-corrected chi connectivity index (χ3v) is 8.13. The Morgan fingerprint density at radius 3 is 1.19 bits per heavy atom. The Bertz CT molecular complexity index is 1500. The number of rotatable bonds is 14. The molecule has 0 aliphatic carbocycles. The van der Waals surface area contributed by atoms with Gasteiger partial charge in [0, 0.05) is 0 Å². The van der Waals surface area contributed by atoms with Crippen molar-refractivity contribution in [1.82, 2.24) is 0 Å². The molecule has 0 aromatic heterocycles. The van der Waals surface area contributed by atoms with E-state index < -0.39 is 28.5 Å². The van der Waals surface area contributed by atoms with E-state index in [1.54, 1.807) is 18.2 Å². The molecule has 0 radical (unpaired) electrons. The van der Waals surface area contributed by atoms with E-state index in [-0.39, 0.29) is 7.43 Å². The van der Waals surface area contributed by atoms with Crippen molar-refractivity contribution in [2.45, 2.75) is 79.6 Å². The molecule has 48 heavy (non-hydrogen) atoms. The van der Waals surface area contributed by atoms with E-state index in [0.29, 0.717) is 21.9 Å². The molecule has 0 heterocycles. The van der Waals surface area contributed by atoms with Crippen LogP contribution in [0.25, 0.3) is 0 Å². The molecule has 8 nitrogen and oxygen atoms in total. The first-order chi connectivity index (χ1) is 22.4. The lowest BCUT2D eigenvalue weighted by Crippen LogP contribution is -2.30. The van der Waals surface area contributed by atoms with Gasteiger partial charge in [-0.15, -0.1) is 0 Å². The van der Waals surface area contributed by atoms with Crippen LogP contribution < -0.4 is 21.9 Å². The summed E-state index contributed by atoms with van der Waals surface area (Å²) in [6.07, 6.45) is 6.83. The summed E-state index contributed by atoms with van der Waals surface area (Å²) in [5.74, 6) is 0. The van der Waals surface area contributed by atoms with Gasteiger partial charge in [-0.05, 0) is 114 Å². The van der Waals surface area contributed by atoms with Gasteiger partial charge >= 0.3 is 28.5 Å². The highest BCUT2D eigenvalue weighted by molar-refractivity contribution is 6.59. The first kappa shape index (κ1) is 41.0. The lowest BCUT2D eigenvalue weighted by Gasteiger charge is -2.10. The Labute approximate surface area is 287 Å². The maximum atomic E-state index is 9.42. The van der Waals surface area contributed by atoms with E-state index in [0.717, 1.165) is 90.3 Å². The summed E-state index contributed by atoms with van der Waals surface area (Å²) in [5, 5.41) is 74.6. The minimum absolute atomic E-state index is 0. The van der Waals surface area contributed by atoms with Crippen LogP contribution in [0.2, 0.25) is 0 Å². The maximum Gasteiger partial charge on any atom is 0.488 e. The second-order valence-corrected chi connectivity index (χ2v) is 12.1. The molecule has 0 atom stereocenters. The Kier molecular flexibility index (Phi) is 17.4. The number of aryl methyl sites for hydroxylation is 7. The van der Waals surface area contributed by atoms with Crippen LogP contribution in [0.15, 0.2) is 78.9 Å².